The molecule has 16 heavy (non-hydrogen) atoms. The topological polar surface area (TPSA) is 12.9 Å². The third-order valence-corrected chi connectivity index (χ3v) is 4.65. The van der Waals surface area contributed by atoms with Crippen LogP contribution in [0.5, 0.6) is 0 Å². The van der Waals surface area contributed by atoms with Crippen LogP contribution in [0, 0.1) is 0 Å². The Morgan fingerprint density at radius 2 is 1.81 bits per heavy atom. The summed E-state index contributed by atoms with van der Waals surface area (Å²) < 4.78 is 0. The maximum Gasteiger partial charge on any atom is 0.0962 e. The van der Waals surface area contributed by atoms with Crippen LogP contribution in [-0.2, 0) is 11.2 Å². The van der Waals surface area contributed by atoms with Crippen molar-refractivity contribution >= 4 is 24.0 Å². The van der Waals surface area contributed by atoms with Crippen molar-refractivity contribution in [3.63, 3.8) is 0 Å². The number of hydrogen-bond acceptors (Lipinski definition) is 3. The van der Waals surface area contributed by atoms with Gasteiger partial charge in [0.15, 0.2) is 0 Å². The van der Waals surface area contributed by atoms with Crippen LogP contribution in [0.1, 0.15) is 69.0 Å². The van der Waals surface area contributed by atoms with Crippen molar-refractivity contribution in [3.05, 3.63) is 15.6 Å². The molecule has 1 rings (SSSR count). The van der Waals surface area contributed by atoms with Gasteiger partial charge in [-0.25, -0.2) is 4.98 Å². The Morgan fingerprint density at radius 3 is 2.12 bits per heavy atom. The molecule has 92 valence electrons. The zero-order valence-corrected chi connectivity index (χ0v) is 12.7. The molecule has 0 amide bonds. The molecule has 0 saturated carbocycles. The summed E-state index contributed by atoms with van der Waals surface area (Å²) >= 11 is 6.28. The fourth-order valence-electron chi connectivity index (χ4n) is 1.88. The van der Waals surface area contributed by atoms with Gasteiger partial charge in [0.1, 0.15) is 0 Å². The van der Waals surface area contributed by atoms with Gasteiger partial charge in [0, 0.05) is 22.0 Å². The van der Waals surface area contributed by atoms with Crippen LogP contribution in [-0.4, -0.2) is 4.98 Å². The molecular weight excluding hydrogens is 234 g/mol. The van der Waals surface area contributed by atoms with Gasteiger partial charge in [0.2, 0.25) is 0 Å². The van der Waals surface area contributed by atoms with Gasteiger partial charge in [-0.3, -0.25) is 0 Å². The van der Waals surface area contributed by atoms with Crippen LogP contribution < -0.4 is 0 Å². The van der Waals surface area contributed by atoms with E-state index < -0.39 is 0 Å². The predicted molar refractivity (Wildman–Crippen MR) is 76.8 cm³/mol. The van der Waals surface area contributed by atoms with Crippen molar-refractivity contribution in [3.8, 4) is 0 Å². The molecule has 3 heteroatoms. The monoisotopic (exact) mass is 257 g/mol. The molecule has 0 aliphatic heterocycles. The Hall–Kier alpha value is -0.0200. The molecule has 0 aromatic carbocycles. The Labute approximate surface area is 109 Å². The summed E-state index contributed by atoms with van der Waals surface area (Å²) in [7, 11) is 0. The first-order valence-corrected chi connectivity index (χ1v) is 7.49. The third kappa shape index (κ3) is 3.01. The summed E-state index contributed by atoms with van der Waals surface area (Å²) in [6.07, 6.45) is 2.36. The predicted octanol–water partition coefficient (Wildman–Crippen LogP) is 4.77. The van der Waals surface area contributed by atoms with Gasteiger partial charge in [0.05, 0.1) is 10.7 Å². The Morgan fingerprint density at radius 1 is 1.25 bits per heavy atom. The molecule has 0 unspecified atom stereocenters. The fourth-order valence-corrected chi connectivity index (χ4v) is 3.62. The summed E-state index contributed by atoms with van der Waals surface area (Å²) in [5, 5.41) is 1.30. The van der Waals surface area contributed by atoms with E-state index in [2.05, 4.69) is 47.2 Å². The van der Waals surface area contributed by atoms with E-state index in [0.717, 1.165) is 5.75 Å². The summed E-state index contributed by atoms with van der Waals surface area (Å²) in [6, 6.07) is 0. The number of thiazole rings is 1. The molecule has 0 saturated heterocycles. The van der Waals surface area contributed by atoms with Gasteiger partial charge < -0.3 is 0 Å². The highest BCUT2D eigenvalue weighted by atomic mass is 32.1. The van der Waals surface area contributed by atoms with Gasteiger partial charge in [-0.15, -0.1) is 11.3 Å². The van der Waals surface area contributed by atoms with E-state index in [1.807, 2.05) is 11.3 Å². The van der Waals surface area contributed by atoms with Crippen molar-refractivity contribution < 1.29 is 0 Å². The van der Waals surface area contributed by atoms with E-state index in [4.69, 9.17) is 4.98 Å². The van der Waals surface area contributed by atoms with Crippen LogP contribution in [0.2, 0.25) is 0 Å². The largest absolute Gasteiger partial charge is 0.245 e. The van der Waals surface area contributed by atoms with Crippen LogP contribution in [0.3, 0.4) is 0 Å². The van der Waals surface area contributed by atoms with Crippen molar-refractivity contribution in [2.45, 2.75) is 64.5 Å². The highest BCUT2D eigenvalue weighted by molar-refractivity contribution is 7.79. The second kappa shape index (κ2) is 5.54. The van der Waals surface area contributed by atoms with Crippen molar-refractivity contribution in [2.24, 2.45) is 0 Å². The van der Waals surface area contributed by atoms with E-state index >= 15 is 0 Å². The normalized spacial score (nSPS) is 12.4. The van der Waals surface area contributed by atoms with E-state index in [9.17, 15) is 0 Å². The van der Waals surface area contributed by atoms with E-state index in [0.29, 0.717) is 5.92 Å². The van der Waals surface area contributed by atoms with Gasteiger partial charge in [-0.2, -0.15) is 12.6 Å². The average Bonchev–Trinajstić information content (AvgIpc) is 2.63. The second-order valence-corrected chi connectivity index (χ2v) is 6.68. The molecule has 0 aliphatic carbocycles. The van der Waals surface area contributed by atoms with Crippen LogP contribution >= 0.6 is 24.0 Å². The molecule has 1 nitrogen and oxygen atoms in total. The second-order valence-electron chi connectivity index (χ2n) is 5.25. The molecule has 0 fully saturated rings. The number of hydrogen-bond donors (Lipinski definition) is 1. The minimum atomic E-state index is 0.138. The molecule has 1 aromatic rings. The molecule has 0 aliphatic rings. The minimum absolute atomic E-state index is 0.138. The Balaban J connectivity index is 3.12. The zero-order valence-electron chi connectivity index (χ0n) is 11.0. The van der Waals surface area contributed by atoms with Crippen molar-refractivity contribution in [1.82, 2.24) is 4.98 Å². The number of rotatable bonds is 4. The lowest BCUT2D eigenvalue weighted by molar-refractivity contribution is 0.558. The molecule has 1 heterocycles. The Kier molecular flexibility index (Phi) is 4.87. The first-order valence-electron chi connectivity index (χ1n) is 6.04. The van der Waals surface area contributed by atoms with Crippen LogP contribution in [0.25, 0.3) is 0 Å². The number of thiol groups is 1. The summed E-state index contributed by atoms with van der Waals surface area (Å²) in [5.74, 6) is 1.43. The third-order valence-electron chi connectivity index (χ3n) is 2.90. The minimum Gasteiger partial charge on any atom is -0.245 e. The highest BCUT2D eigenvalue weighted by Crippen LogP contribution is 2.35. The van der Waals surface area contributed by atoms with Gasteiger partial charge in [-0.05, 0) is 12.8 Å². The number of nitrogens with zero attached hydrogens (tertiary/aromatic N) is 1. The smallest absolute Gasteiger partial charge is 0.0962 e. The van der Waals surface area contributed by atoms with Gasteiger partial charge in [0.25, 0.3) is 0 Å². The SMILES string of the molecule is CCC(CC)c1nc(C(C)(C)C)c(CS)s1. The van der Waals surface area contributed by atoms with E-state index in [-0.39, 0.29) is 5.41 Å². The standard InChI is InChI=1S/C13H23NS2/c1-6-9(7-2)12-14-11(13(3,4)5)10(8-15)16-12/h9,15H,6-8H2,1-5H3. The molecule has 0 radical (unpaired) electrons. The maximum atomic E-state index is 4.86. The quantitative estimate of drug-likeness (QED) is 0.766. The molecule has 1 aromatic heterocycles. The molecule has 0 spiro atoms. The first-order chi connectivity index (χ1) is 7.43. The lowest BCUT2D eigenvalue weighted by atomic mass is 9.91. The van der Waals surface area contributed by atoms with Crippen LogP contribution in [0.15, 0.2) is 0 Å². The number of aromatic nitrogens is 1. The van der Waals surface area contributed by atoms with Crippen molar-refractivity contribution in [1.29, 1.82) is 0 Å². The molecule has 0 bridgehead atoms. The zero-order chi connectivity index (χ0) is 12.3. The van der Waals surface area contributed by atoms with E-state index in [1.165, 1.54) is 28.4 Å². The average molecular weight is 257 g/mol. The lowest BCUT2D eigenvalue weighted by Crippen LogP contribution is -2.14. The maximum absolute atomic E-state index is 4.86. The molecule has 0 N–H and O–H groups in total. The first kappa shape index (κ1) is 14.0. The lowest BCUT2D eigenvalue weighted by Gasteiger charge is -2.17. The van der Waals surface area contributed by atoms with Gasteiger partial charge in [-0.1, -0.05) is 34.6 Å². The van der Waals surface area contributed by atoms with Crippen molar-refractivity contribution in [2.75, 3.05) is 0 Å². The summed E-state index contributed by atoms with van der Waals surface area (Å²) in [5.41, 5.74) is 1.38. The summed E-state index contributed by atoms with van der Waals surface area (Å²) in [6.45, 7) is 11.2. The fraction of sp³-hybridized carbons (Fsp3) is 0.769. The molecule has 0 atom stereocenters. The Bertz CT molecular complexity index is 332. The van der Waals surface area contributed by atoms with Crippen LogP contribution in [0.4, 0.5) is 0 Å². The molecular formula is C13H23NS2. The van der Waals surface area contributed by atoms with Gasteiger partial charge >= 0.3 is 0 Å². The van der Waals surface area contributed by atoms with E-state index in [1.54, 1.807) is 0 Å². The summed E-state index contributed by atoms with van der Waals surface area (Å²) in [4.78, 5) is 6.21. The highest BCUT2D eigenvalue weighted by Gasteiger charge is 2.24.